The molecule has 0 atom stereocenters. The van der Waals surface area contributed by atoms with Crippen molar-refractivity contribution in [1.29, 1.82) is 0 Å². The number of pyridine rings is 1. The van der Waals surface area contributed by atoms with Gasteiger partial charge in [0.15, 0.2) is 5.82 Å². The normalized spacial score (nSPS) is 10.7. The number of aromatic nitrogens is 3. The standard InChI is InChI=1S/C15H11ClIN3/c16-12-3-1-11(2-4-12)9-14-6-8-20(19-14)15-10-13(17)5-7-18-15/h1-8,10H,9H2. The Kier molecular flexibility index (Phi) is 4.03. The maximum Gasteiger partial charge on any atom is 0.154 e. The third kappa shape index (κ3) is 3.19. The molecule has 2 aromatic heterocycles. The van der Waals surface area contributed by atoms with Gasteiger partial charge in [-0.2, -0.15) is 5.10 Å². The molecule has 20 heavy (non-hydrogen) atoms. The van der Waals surface area contributed by atoms with E-state index in [9.17, 15) is 0 Å². The van der Waals surface area contributed by atoms with Crippen LogP contribution in [0.4, 0.5) is 0 Å². The number of halogens is 2. The molecule has 0 N–H and O–H groups in total. The quantitative estimate of drug-likeness (QED) is 0.625. The molecule has 100 valence electrons. The third-order valence-corrected chi connectivity index (χ3v) is 3.81. The molecule has 0 unspecified atom stereocenters. The fourth-order valence-corrected chi connectivity index (χ4v) is 2.48. The van der Waals surface area contributed by atoms with Gasteiger partial charge in [-0.1, -0.05) is 23.7 Å². The maximum atomic E-state index is 5.88. The van der Waals surface area contributed by atoms with Crippen molar-refractivity contribution in [2.45, 2.75) is 6.42 Å². The Labute approximate surface area is 135 Å². The van der Waals surface area contributed by atoms with Crippen LogP contribution in [0.15, 0.2) is 54.9 Å². The second-order valence-electron chi connectivity index (χ2n) is 4.39. The van der Waals surface area contributed by atoms with Crippen LogP contribution in [-0.2, 0) is 6.42 Å². The lowest BCUT2D eigenvalue weighted by Crippen LogP contribution is -1.99. The van der Waals surface area contributed by atoms with Crippen LogP contribution in [0.25, 0.3) is 5.82 Å². The first kappa shape index (κ1) is 13.6. The monoisotopic (exact) mass is 395 g/mol. The van der Waals surface area contributed by atoms with Crippen molar-refractivity contribution < 1.29 is 0 Å². The van der Waals surface area contributed by atoms with Crippen LogP contribution in [0.1, 0.15) is 11.3 Å². The highest BCUT2D eigenvalue weighted by Gasteiger charge is 2.04. The van der Waals surface area contributed by atoms with Gasteiger partial charge in [-0.25, -0.2) is 9.67 Å². The van der Waals surface area contributed by atoms with Crippen LogP contribution >= 0.6 is 34.2 Å². The van der Waals surface area contributed by atoms with E-state index in [1.54, 1.807) is 10.9 Å². The van der Waals surface area contributed by atoms with Crippen molar-refractivity contribution in [2.75, 3.05) is 0 Å². The van der Waals surface area contributed by atoms with Gasteiger partial charge < -0.3 is 0 Å². The predicted molar refractivity (Wildman–Crippen MR) is 88.3 cm³/mol. The minimum absolute atomic E-state index is 0.752. The largest absolute Gasteiger partial charge is 0.237 e. The Morgan fingerprint density at radius 2 is 1.90 bits per heavy atom. The molecule has 0 aliphatic carbocycles. The molecule has 2 heterocycles. The van der Waals surface area contributed by atoms with Gasteiger partial charge >= 0.3 is 0 Å². The van der Waals surface area contributed by atoms with E-state index in [-0.39, 0.29) is 0 Å². The van der Waals surface area contributed by atoms with E-state index in [4.69, 9.17) is 11.6 Å². The third-order valence-electron chi connectivity index (χ3n) is 2.89. The number of benzene rings is 1. The molecule has 0 saturated heterocycles. The van der Waals surface area contributed by atoms with Gasteiger partial charge in [0.05, 0.1) is 5.69 Å². The molecule has 0 bridgehead atoms. The lowest BCUT2D eigenvalue weighted by Gasteiger charge is -2.01. The molecular weight excluding hydrogens is 385 g/mol. The average molecular weight is 396 g/mol. The van der Waals surface area contributed by atoms with Crippen molar-refractivity contribution in [2.24, 2.45) is 0 Å². The van der Waals surface area contributed by atoms with Crippen LogP contribution < -0.4 is 0 Å². The summed E-state index contributed by atoms with van der Waals surface area (Å²) in [7, 11) is 0. The van der Waals surface area contributed by atoms with Crippen molar-refractivity contribution in [3.63, 3.8) is 0 Å². The highest BCUT2D eigenvalue weighted by atomic mass is 127. The van der Waals surface area contributed by atoms with Crippen LogP contribution in [0.2, 0.25) is 5.02 Å². The van der Waals surface area contributed by atoms with Gasteiger partial charge in [0, 0.05) is 27.4 Å². The minimum Gasteiger partial charge on any atom is -0.237 e. The molecular formula is C15H11ClIN3. The zero-order valence-corrected chi connectivity index (χ0v) is 13.4. The zero-order valence-electron chi connectivity index (χ0n) is 10.5. The molecule has 0 amide bonds. The fourth-order valence-electron chi connectivity index (χ4n) is 1.91. The minimum atomic E-state index is 0.752. The lowest BCUT2D eigenvalue weighted by molar-refractivity contribution is 0.820. The molecule has 0 radical (unpaired) electrons. The SMILES string of the molecule is Clc1ccc(Cc2ccn(-c3cc(I)ccn3)n2)cc1. The highest BCUT2D eigenvalue weighted by Crippen LogP contribution is 2.14. The molecule has 1 aromatic carbocycles. The molecule has 3 nitrogen and oxygen atoms in total. The summed E-state index contributed by atoms with van der Waals surface area (Å²) in [6.45, 7) is 0. The summed E-state index contributed by atoms with van der Waals surface area (Å²) in [5, 5.41) is 5.31. The van der Waals surface area contributed by atoms with E-state index >= 15 is 0 Å². The Bertz CT molecular complexity index is 722. The summed E-state index contributed by atoms with van der Waals surface area (Å²) < 4.78 is 2.94. The Balaban J connectivity index is 1.82. The van der Waals surface area contributed by atoms with E-state index in [1.807, 2.05) is 48.7 Å². The number of nitrogens with zero attached hydrogens (tertiary/aromatic N) is 3. The first-order valence-corrected chi connectivity index (χ1v) is 7.57. The smallest absolute Gasteiger partial charge is 0.154 e. The van der Waals surface area contributed by atoms with Crippen molar-refractivity contribution in [3.8, 4) is 5.82 Å². The topological polar surface area (TPSA) is 30.7 Å². The molecule has 0 aliphatic heterocycles. The second kappa shape index (κ2) is 5.93. The molecule has 3 rings (SSSR count). The number of hydrogen-bond acceptors (Lipinski definition) is 2. The van der Waals surface area contributed by atoms with E-state index in [0.29, 0.717) is 0 Å². The van der Waals surface area contributed by atoms with Crippen LogP contribution in [0, 0.1) is 3.57 Å². The van der Waals surface area contributed by atoms with E-state index in [0.717, 1.165) is 26.5 Å². The van der Waals surface area contributed by atoms with E-state index in [1.165, 1.54) is 5.56 Å². The summed E-state index contributed by atoms with van der Waals surface area (Å²) in [6.07, 6.45) is 4.51. The molecule has 0 spiro atoms. The van der Waals surface area contributed by atoms with Crippen molar-refractivity contribution >= 4 is 34.2 Å². The van der Waals surface area contributed by atoms with Gasteiger partial charge in [0.1, 0.15) is 0 Å². The van der Waals surface area contributed by atoms with E-state index < -0.39 is 0 Å². The molecule has 3 aromatic rings. The summed E-state index contributed by atoms with van der Waals surface area (Å²) >= 11 is 8.15. The average Bonchev–Trinajstić information content (AvgIpc) is 2.90. The number of hydrogen-bond donors (Lipinski definition) is 0. The lowest BCUT2D eigenvalue weighted by atomic mass is 10.1. The van der Waals surface area contributed by atoms with Crippen LogP contribution in [0.5, 0.6) is 0 Å². The maximum absolute atomic E-state index is 5.88. The van der Waals surface area contributed by atoms with Crippen molar-refractivity contribution in [3.05, 3.63) is 74.7 Å². The molecule has 0 fully saturated rings. The zero-order chi connectivity index (χ0) is 13.9. The highest BCUT2D eigenvalue weighted by molar-refractivity contribution is 14.1. The van der Waals surface area contributed by atoms with Crippen LogP contribution in [-0.4, -0.2) is 14.8 Å². The summed E-state index contributed by atoms with van der Waals surface area (Å²) in [5.74, 6) is 0.833. The van der Waals surface area contributed by atoms with E-state index in [2.05, 4.69) is 32.7 Å². The van der Waals surface area contributed by atoms with Gasteiger partial charge in [-0.3, -0.25) is 0 Å². The van der Waals surface area contributed by atoms with Crippen LogP contribution in [0.3, 0.4) is 0 Å². The van der Waals surface area contributed by atoms with Crippen molar-refractivity contribution in [1.82, 2.24) is 14.8 Å². The molecule has 0 aliphatic rings. The van der Waals surface area contributed by atoms with Gasteiger partial charge in [-0.15, -0.1) is 0 Å². The second-order valence-corrected chi connectivity index (χ2v) is 6.07. The van der Waals surface area contributed by atoms with Gasteiger partial charge in [0.25, 0.3) is 0 Å². The molecule has 5 heteroatoms. The number of rotatable bonds is 3. The first-order valence-electron chi connectivity index (χ1n) is 6.12. The van der Waals surface area contributed by atoms with Gasteiger partial charge in [0.2, 0.25) is 0 Å². The predicted octanol–water partition coefficient (Wildman–Crippen LogP) is 4.12. The Morgan fingerprint density at radius 3 is 2.65 bits per heavy atom. The summed E-state index contributed by atoms with van der Waals surface area (Å²) in [5.41, 5.74) is 2.20. The Hall–Kier alpha value is -1.40. The summed E-state index contributed by atoms with van der Waals surface area (Å²) in [4.78, 5) is 4.32. The fraction of sp³-hybridized carbons (Fsp3) is 0.0667. The summed E-state index contributed by atoms with van der Waals surface area (Å²) in [6, 6.07) is 13.8. The Morgan fingerprint density at radius 1 is 1.10 bits per heavy atom. The molecule has 0 saturated carbocycles. The first-order chi connectivity index (χ1) is 9.70. The van der Waals surface area contributed by atoms with Gasteiger partial charge in [-0.05, 0) is 58.5 Å².